The van der Waals surface area contributed by atoms with E-state index in [2.05, 4.69) is 31.2 Å². The molecule has 1 aromatic carbocycles. The minimum atomic E-state index is -0.906. The first-order valence-electron chi connectivity index (χ1n) is 12.5. The predicted molar refractivity (Wildman–Crippen MR) is 139 cm³/mol. The largest absolute Gasteiger partial charge is 0.438 e. The van der Waals surface area contributed by atoms with Gasteiger partial charge in [-0.3, -0.25) is 19.2 Å². The van der Waals surface area contributed by atoms with Gasteiger partial charge in [-0.05, 0) is 37.7 Å². The number of nitrogens with one attached hydrogen (secondary N) is 4. The molecule has 0 unspecified atom stereocenters. The molecule has 200 valence electrons. The summed E-state index contributed by atoms with van der Waals surface area (Å²) in [4.78, 5) is 60.0. The number of aromatic nitrogens is 2. The van der Waals surface area contributed by atoms with E-state index in [1.165, 1.54) is 17.5 Å². The molecule has 3 aromatic rings. The first-order valence-corrected chi connectivity index (χ1v) is 13.4. The fourth-order valence-electron chi connectivity index (χ4n) is 4.09. The van der Waals surface area contributed by atoms with Crippen molar-refractivity contribution in [2.24, 2.45) is 0 Å². The van der Waals surface area contributed by atoms with Crippen LogP contribution in [-0.2, 0) is 16.0 Å². The summed E-state index contributed by atoms with van der Waals surface area (Å²) >= 11 is 1.30. The Morgan fingerprint density at radius 1 is 1.11 bits per heavy atom. The van der Waals surface area contributed by atoms with E-state index in [1.807, 2.05) is 30.3 Å². The molecule has 0 saturated heterocycles. The number of carbonyl (C=O) groups excluding carboxylic acids is 4. The van der Waals surface area contributed by atoms with Gasteiger partial charge in [-0.2, -0.15) is 0 Å². The molecule has 12 heteroatoms. The maximum Gasteiger partial charge on any atom is 0.289 e. The van der Waals surface area contributed by atoms with E-state index in [4.69, 9.17) is 4.42 Å². The molecule has 11 nitrogen and oxygen atoms in total. The Balaban J connectivity index is 1.57. The lowest BCUT2D eigenvalue weighted by atomic mass is 10.0. The highest BCUT2D eigenvalue weighted by atomic mass is 32.1. The molecule has 0 fully saturated rings. The Morgan fingerprint density at radius 2 is 1.89 bits per heavy atom. The van der Waals surface area contributed by atoms with Crippen LogP contribution in [0.3, 0.4) is 0 Å². The molecular weight excluding hydrogens is 508 g/mol. The predicted octanol–water partition coefficient (Wildman–Crippen LogP) is 2.14. The van der Waals surface area contributed by atoms with Crippen LogP contribution in [0.1, 0.15) is 70.3 Å². The van der Waals surface area contributed by atoms with Gasteiger partial charge in [0, 0.05) is 11.9 Å². The van der Waals surface area contributed by atoms with Crippen molar-refractivity contribution in [3.05, 3.63) is 70.3 Å². The summed E-state index contributed by atoms with van der Waals surface area (Å²) in [5, 5.41) is 13.6. The van der Waals surface area contributed by atoms with Crippen LogP contribution in [0.4, 0.5) is 0 Å². The fraction of sp³-hybridized carbons (Fsp3) is 0.385. The number of amides is 4. The molecule has 1 aliphatic heterocycles. The van der Waals surface area contributed by atoms with Gasteiger partial charge >= 0.3 is 0 Å². The first-order chi connectivity index (χ1) is 18.4. The quantitative estimate of drug-likeness (QED) is 0.388. The van der Waals surface area contributed by atoms with Gasteiger partial charge in [-0.1, -0.05) is 37.3 Å². The van der Waals surface area contributed by atoms with Gasteiger partial charge in [0.05, 0.1) is 12.2 Å². The summed E-state index contributed by atoms with van der Waals surface area (Å²) in [5.41, 5.74) is 1.28. The third-order valence-electron chi connectivity index (χ3n) is 6.18. The smallest absolute Gasteiger partial charge is 0.289 e. The van der Waals surface area contributed by atoms with E-state index in [0.717, 1.165) is 12.0 Å². The van der Waals surface area contributed by atoms with Gasteiger partial charge in [0.1, 0.15) is 22.8 Å². The van der Waals surface area contributed by atoms with E-state index in [-0.39, 0.29) is 17.6 Å². The summed E-state index contributed by atoms with van der Waals surface area (Å²) in [5.74, 6) is -1.76. The second kappa shape index (κ2) is 13.0. The molecule has 1 aliphatic rings. The topological polar surface area (TPSA) is 155 Å². The van der Waals surface area contributed by atoms with Gasteiger partial charge in [0.2, 0.25) is 17.6 Å². The zero-order valence-corrected chi connectivity index (χ0v) is 21.8. The van der Waals surface area contributed by atoms with Crippen LogP contribution in [0.2, 0.25) is 0 Å². The van der Waals surface area contributed by atoms with Crippen molar-refractivity contribution in [2.75, 3.05) is 6.54 Å². The molecule has 0 aliphatic carbocycles. The van der Waals surface area contributed by atoms with Gasteiger partial charge in [-0.15, -0.1) is 11.3 Å². The number of nitrogens with zero attached hydrogens (tertiary/aromatic N) is 2. The van der Waals surface area contributed by atoms with Crippen LogP contribution in [0, 0.1) is 0 Å². The van der Waals surface area contributed by atoms with Crippen molar-refractivity contribution in [1.82, 2.24) is 31.2 Å². The standard InChI is InChI=1S/C26H30N6O5S/c1-2-17-23(34)31-19(12-16-8-4-3-5-9-16)26-32-20(14-38-26)22(33)28-11-7-6-10-18(24(35)29-17)30-25(36)21-13-27-15-37-21/h3-5,8-9,13-15,17-19H,2,6-7,10-12H2,1H3,(H,28,33)(H,29,35)(H,30,36)(H,31,34)/t17-,18+,19+/m1/s1. The number of thiazole rings is 1. The number of benzene rings is 1. The average molecular weight is 539 g/mol. The molecule has 38 heavy (non-hydrogen) atoms. The van der Waals surface area contributed by atoms with Crippen LogP contribution in [0.15, 0.2) is 52.7 Å². The Hall–Kier alpha value is -4.06. The van der Waals surface area contributed by atoms with Crippen molar-refractivity contribution < 1.29 is 23.6 Å². The van der Waals surface area contributed by atoms with Crippen molar-refractivity contribution in [3.63, 3.8) is 0 Å². The number of oxazole rings is 1. The van der Waals surface area contributed by atoms with E-state index < -0.39 is 29.9 Å². The molecule has 3 atom stereocenters. The summed E-state index contributed by atoms with van der Waals surface area (Å²) < 4.78 is 5.04. The molecule has 3 heterocycles. The second-order valence-corrected chi connectivity index (χ2v) is 9.82. The van der Waals surface area contributed by atoms with Crippen LogP contribution in [0.5, 0.6) is 0 Å². The lowest BCUT2D eigenvalue weighted by molar-refractivity contribution is -0.130. The van der Waals surface area contributed by atoms with Crippen LogP contribution < -0.4 is 21.3 Å². The van der Waals surface area contributed by atoms with Crippen molar-refractivity contribution in [3.8, 4) is 0 Å². The average Bonchev–Trinajstić information content (AvgIpc) is 3.63. The van der Waals surface area contributed by atoms with E-state index in [1.54, 1.807) is 12.3 Å². The Kier molecular flexibility index (Phi) is 9.20. The maximum absolute atomic E-state index is 13.3. The van der Waals surface area contributed by atoms with Gasteiger partial charge in [-0.25, -0.2) is 9.97 Å². The highest BCUT2D eigenvalue weighted by Gasteiger charge is 2.29. The lowest BCUT2D eigenvalue weighted by Crippen LogP contribution is -2.54. The summed E-state index contributed by atoms with van der Waals surface area (Å²) in [7, 11) is 0. The number of rotatable bonds is 5. The minimum Gasteiger partial charge on any atom is -0.438 e. The Bertz CT molecular complexity index is 1250. The van der Waals surface area contributed by atoms with E-state index >= 15 is 0 Å². The molecule has 4 rings (SSSR count). The molecular formula is C26H30N6O5S. The monoisotopic (exact) mass is 538 g/mol. The molecule has 0 saturated carbocycles. The highest BCUT2D eigenvalue weighted by molar-refractivity contribution is 7.09. The van der Waals surface area contributed by atoms with Crippen LogP contribution in [0.25, 0.3) is 0 Å². The van der Waals surface area contributed by atoms with Crippen LogP contribution in [-0.4, -0.2) is 52.2 Å². The Labute approximate surface area is 223 Å². The van der Waals surface area contributed by atoms with Crippen molar-refractivity contribution in [2.45, 2.75) is 57.2 Å². The first kappa shape index (κ1) is 27.0. The third kappa shape index (κ3) is 7.03. The fourth-order valence-corrected chi connectivity index (χ4v) is 4.94. The molecule has 2 aromatic heterocycles. The lowest BCUT2D eigenvalue weighted by Gasteiger charge is -2.24. The maximum atomic E-state index is 13.3. The number of hydrogen-bond donors (Lipinski definition) is 4. The summed E-state index contributed by atoms with van der Waals surface area (Å²) in [6, 6.07) is 7.40. The van der Waals surface area contributed by atoms with Gasteiger partial charge in [0.15, 0.2) is 6.39 Å². The zero-order valence-electron chi connectivity index (χ0n) is 20.9. The molecule has 0 spiro atoms. The normalized spacial score (nSPS) is 21.2. The number of carbonyl (C=O) groups is 4. The molecule has 2 bridgehead atoms. The van der Waals surface area contributed by atoms with E-state index in [0.29, 0.717) is 49.4 Å². The third-order valence-corrected chi connectivity index (χ3v) is 7.13. The molecule has 4 amide bonds. The van der Waals surface area contributed by atoms with Crippen LogP contribution >= 0.6 is 11.3 Å². The zero-order chi connectivity index (χ0) is 26.9. The van der Waals surface area contributed by atoms with E-state index in [9.17, 15) is 19.2 Å². The van der Waals surface area contributed by atoms with Crippen molar-refractivity contribution in [1.29, 1.82) is 0 Å². The minimum absolute atomic E-state index is 0.0206. The Morgan fingerprint density at radius 3 is 2.63 bits per heavy atom. The van der Waals surface area contributed by atoms with Gasteiger partial charge in [0.25, 0.3) is 11.8 Å². The molecule has 0 radical (unpaired) electrons. The number of fused-ring (bicyclic) bond motifs is 2. The highest BCUT2D eigenvalue weighted by Crippen LogP contribution is 2.23. The van der Waals surface area contributed by atoms with Crippen molar-refractivity contribution >= 4 is 35.0 Å². The van der Waals surface area contributed by atoms with Gasteiger partial charge < -0.3 is 25.7 Å². The molecule has 4 N–H and O–H groups in total. The summed E-state index contributed by atoms with van der Waals surface area (Å²) in [6.07, 6.45) is 4.61. The second-order valence-electron chi connectivity index (χ2n) is 8.93. The SMILES string of the molecule is CC[C@H]1NC(=O)[C@@H](NC(=O)c2cnco2)CCCCNC(=O)c2csc(n2)[C@H](Cc2ccccc2)NC1=O. The number of hydrogen-bond acceptors (Lipinski definition) is 8. The summed E-state index contributed by atoms with van der Waals surface area (Å²) in [6.45, 7) is 2.18.